The number of rotatable bonds is 6. The van der Waals surface area contributed by atoms with Crippen molar-refractivity contribution in [1.82, 2.24) is 25.0 Å². The predicted octanol–water partition coefficient (Wildman–Crippen LogP) is 1.07. The third-order valence-corrected chi connectivity index (χ3v) is 6.40. The van der Waals surface area contributed by atoms with Crippen molar-refractivity contribution < 1.29 is 31.2 Å². The summed E-state index contributed by atoms with van der Waals surface area (Å²) in [6.07, 6.45) is -4.65. The fourth-order valence-electron chi connectivity index (χ4n) is 3.36. The molecule has 9 nitrogen and oxygen atoms in total. The van der Waals surface area contributed by atoms with E-state index in [2.05, 4.69) is 15.5 Å². The number of nitrogens with one attached hydrogen (secondary N) is 1. The molecule has 2 heterocycles. The lowest BCUT2D eigenvalue weighted by molar-refractivity contribution is -0.148. The Morgan fingerprint density at radius 1 is 1.16 bits per heavy atom. The van der Waals surface area contributed by atoms with Crippen molar-refractivity contribution in [1.29, 1.82) is 0 Å². The standard InChI is InChI=1S/C19H22F3N5O4S/c1-12-3-5-14(6-4-12)10-32(30,31)11-16(28)23-13(2)17(29)26-7-8-27-15(9-26)24-25-18(27)19(20,21)22/h3-6,13H,7-11H2,1-2H3,(H,23,28). The number of fused-ring (bicyclic) bond motifs is 1. The highest BCUT2D eigenvalue weighted by molar-refractivity contribution is 7.91. The zero-order chi connectivity index (χ0) is 23.7. The van der Waals surface area contributed by atoms with Gasteiger partial charge >= 0.3 is 6.18 Å². The molecular formula is C19H22F3N5O4S. The molecule has 2 aromatic rings. The molecule has 3 rings (SSSR count). The van der Waals surface area contributed by atoms with E-state index in [0.717, 1.165) is 10.1 Å². The first-order valence-electron chi connectivity index (χ1n) is 9.69. The molecule has 1 aliphatic rings. The molecule has 0 saturated heterocycles. The number of nitrogens with zero attached hydrogens (tertiary/aromatic N) is 4. The largest absolute Gasteiger partial charge is 0.451 e. The fourth-order valence-corrected chi connectivity index (χ4v) is 4.65. The summed E-state index contributed by atoms with van der Waals surface area (Å²) in [4.78, 5) is 26.1. The summed E-state index contributed by atoms with van der Waals surface area (Å²) < 4.78 is 64.3. The lowest BCUT2D eigenvalue weighted by Gasteiger charge is -2.30. The molecule has 1 aliphatic heterocycles. The topological polar surface area (TPSA) is 114 Å². The van der Waals surface area contributed by atoms with Crippen LogP contribution in [0.3, 0.4) is 0 Å². The second-order valence-corrected chi connectivity index (χ2v) is 9.72. The number of sulfone groups is 1. The summed E-state index contributed by atoms with van der Waals surface area (Å²) in [6.45, 7) is 2.88. The monoisotopic (exact) mass is 473 g/mol. The average molecular weight is 473 g/mol. The highest BCUT2D eigenvalue weighted by Gasteiger charge is 2.40. The molecule has 0 aliphatic carbocycles. The maximum absolute atomic E-state index is 12.9. The molecule has 1 aromatic carbocycles. The van der Waals surface area contributed by atoms with Gasteiger partial charge in [-0.2, -0.15) is 13.2 Å². The Morgan fingerprint density at radius 3 is 2.44 bits per heavy atom. The number of alkyl halides is 3. The number of aryl methyl sites for hydroxylation is 1. The number of carbonyl (C=O) groups excluding carboxylic acids is 2. The minimum Gasteiger partial charge on any atom is -0.344 e. The van der Waals surface area contributed by atoms with Crippen LogP contribution in [-0.2, 0) is 44.4 Å². The summed E-state index contributed by atoms with van der Waals surface area (Å²) in [6, 6.07) is 5.80. The highest BCUT2D eigenvalue weighted by atomic mass is 32.2. The lowest BCUT2D eigenvalue weighted by atomic mass is 10.2. The van der Waals surface area contributed by atoms with E-state index in [1.54, 1.807) is 24.3 Å². The minimum atomic E-state index is -4.65. The van der Waals surface area contributed by atoms with Gasteiger partial charge in [-0.05, 0) is 19.4 Å². The van der Waals surface area contributed by atoms with Crippen LogP contribution >= 0.6 is 0 Å². The van der Waals surface area contributed by atoms with Gasteiger partial charge in [0.05, 0.1) is 12.3 Å². The van der Waals surface area contributed by atoms with Crippen molar-refractivity contribution in [2.45, 2.75) is 44.9 Å². The third-order valence-electron chi connectivity index (χ3n) is 4.92. The van der Waals surface area contributed by atoms with Crippen molar-refractivity contribution in [3.05, 3.63) is 47.0 Å². The molecule has 13 heteroatoms. The average Bonchev–Trinajstić information content (AvgIpc) is 3.12. The van der Waals surface area contributed by atoms with E-state index in [0.29, 0.717) is 5.56 Å². The first-order valence-corrected chi connectivity index (χ1v) is 11.5. The minimum absolute atomic E-state index is 0.0175. The van der Waals surface area contributed by atoms with E-state index in [1.165, 1.54) is 11.8 Å². The Kier molecular flexibility index (Phi) is 6.58. The van der Waals surface area contributed by atoms with Crippen molar-refractivity contribution in [2.24, 2.45) is 0 Å². The van der Waals surface area contributed by atoms with Crippen molar-refractivity contribution in [3.8, 4) is 0 Å². The van der Waals surface area contributed by atoms with Crippen molar-refractivity contribution >= 4 is 21.7 Å². The van der Waals surface area contributed by atoms with Crippen LogP contribution in [0, 0.1) is 6.92 Å². The summed E-state index contributed by atoms with van der Waals surface area (Å²) in [7, 11) is -3.76. The molecule has 0 fully saturated rings. The quantitative estimate of drug-likeness (QED) is 0.671. The van der Waals surface area contributed by atoms with Gasteiger partial charge in [0.25, 0.3) is 0 Å². The van der Waals surface area contributed by atoms with E-state index in [1.807, 2.05) is 6.92 Å². The fraction of sp³-hybridized carbons (Fsp3) is 0.474. The number of hydrogen-bond acceptors (Lipinski definition) is 6. The second-order valence-electron chi connectivity index (χ2n) is 7.66. The number of benzene rings is 1. The van der Waals surface area contributed by atoms with Gasteiger partial charge in [0.1, 0.15) is 11.8 Å². The zero-order valence-corrected chi connectivity index (χ0v) is 18.2. The number of amides is 2. The van der Waals surface area contributed by atoms with Crippen LogP contribution in [0.1, 0.15) is 29.7 Å². The molecule has 2 amide bonds. The van der Waals surface area contributed by atoms with Crippen LogP contribution in [0.4, 0.5) is 13.2 Å². The number of carbonyl (C=O) groups is 2. The van der Waals surface area contributed by atoms with E-state index >= 15 is 0 Å². The molecular weight excluding hydrogens is 451 g/mol. The van der Waals surface area contributed by atoms with E-state index in [9.17, 15) is 31.2 Å². The van der Waals surface area contributed by atoms with Crippen molar-refractivity contribution in [3.63, 3.8) is 0 Å². The Hall–Kier alpha value is -2.96. The Morgan fingerprint density at radius 2 is 1.81 bits per heavy atom. The van der Waals surface area contributed by atoms with Gasteiger partial charge in [0.2, 0.25) is 17.6 Å². The van der Waals surface area contributed by atoms with Gasteiger partial charge in [-0.25, -0.2) is 8.42 Å². The Balaban J connectivity index is 1.56. The summed E-state index contributed by atoms with van der Waals surface area (Å²) in [5, 5.41) is 9.00. The van der Waals surface area contributed by atoms with Gasteiger partial charge in [0, 0.05) is 13.1 Å². The van der Waals surface area contributed by atoms with Crippen LogP contribution in [-0.4, -0.2) is 58.2 Å². The Labute approximate surface area is 182 Å². The first kappa shape index (κ1) is 23.7. The van der Waals surface area contributed by atoms with Gasteiger partial charge in [-0.1, -0.05) is 29.8 Å². The summed E-state index contributed by atoms with van der Waals surface area (Å²) in [5.74, 6) is -3.64. The molecule has 174 valence electrons. The van der Waals surface area contributed by atoms with Crippen LogP contribution < -0.4 is 5.32 Å². The van der Waals surface area contributed by atoms with Gasteiger partial charge in [-0.15, -0.1) is 10.2 Å². The van der Waals surface area contributed by atoms with Crippen molar-refractivity contribution in [2.75, 3.05) is 12.3 Å². The zero-order valence-electron chi connectivity index (χ0n) is 17.4. The smallest absolute Gasteiger partial charge is 0.344 e. The number of hydrogen-bond donors (Lipinski definition) is 1. The molecule has 1 atom stereocenters. The maximum atomic E-state index is 12.9. The van der Waals surface area contributed by atoms with E-state index in [4.69, 9.17) is 0 Å². The number of halogens is 3. The molecule has 1 unspecified atom stereocenters. The highest BCUT2D eigenvalue weighted by Crippen LogP contribution is 2.29. The number of aromatic nitrogens is 3. The van der Waals surface area contributed by atoms with Gasteiger partial charge in [-0.3, -0.25) is 9.59 Å². The molecule has 0 spiro atoms. The second kappa shape index (κ2) is 8.88. The van der Waals surface area contributed by atoms with Gasteiger partial charge < -0.3 is 14.8 Å². The molecule has 0 radical (unpaired) electrons. The van der Waals surface area contributed by atoms with Crippen LogP contribution in [0.2, 0.25) is 0 Å². The third kappa shape index (κ3) is 5.64. The predicted molar refractivity (Wildman–Crippen MR) is 107 cm³/mol. The normalized spacial score (nSPS) is 15.2. The lowest BCUT2D eigenvalue weighted by Crippen LogP contribution is -2.50. The summed E-state index contributed by atoms with van der Waals surface area (Å²) in [5.41, 5.74) is 1.52. The summed E-state index contributed by atoms with van der Waals surface area (Å²) >= 11 is 0. The van der Waals surface area contributed by atoms with E-state index < -0.39 is 45.4 Å². The maximum Gasteiger partial charge on any atom is 0.451 e. The van der Waals surface area contributed by atoms with Gasteiger partial charge in [0.15, 0.2) is 15.7 Å². The van der Waals surface area contributed by atoms with Crippen LogP contribution in [0.15, 0.2) is 24.3 Å². The van der Waals surface area contributed by atoms with Crippen LogP contribution in [0.25, 0.3) is 0 Å². The molecule has 1 aromatic heterocycles. The SMILES string of the molecule is Cc1ccc(CS(=O)(=O)CC(=O)NC(C)C(=O)N2CCn3c(nnc3C(F)(F)F)C2)cc1. The molecule has 32 heavy (non-hydrogen) atoms. The molecule has 0 bridgehead atoms. The molecule has 0 saturated carbocycles. The van der Waals surface area contributed by atoms with E-state index in [-0.39, 0.29) is 31.2 Å². The van der Waals surface area contributed by atoms with Crippen LogP contribution in [0.5, 0.6) is 0 Å². The molecule has 1 N–H and O–H groups in total. The first-order chi connectivity index (χ1) is 14.9. The Bertz CT molecular complexity index is 1110.